The minimum atomic E-state index is -0.527. The number of halogens is 1. The summed E-state index contributed by atoms with van der Waals surface area (Å²) in [5.41, 5.74) is 7.00. The Bertz CT molecular complexity index is 605. The SMILES string of the molecule is N#Cc1cc(COc2ccccc2N)ccc1F. The van der Waals surface area contributed by atoms with Crippen molar-refractivity contribution in [1.29, 1.82) is 5.26 Å². The van der Waals surface area contributed by atoms with Crippen LogP contribution in [-0.4, -0.2) is 0 Å². The van der Waals surface area contributed by atoms with Crippen LogP contribution in [0.3, 0.4) is 0 Å². The molecule has 0 aliphatic heterocycles. The molecule has 0 aromatic heterocycles. The lowest BCUT2D eigenvalue weighted by molar-refractivity contribution is 0.308. The van der Waals surface area contributed by atoms with E-state index >= 15 is 0 Å². The van der Waals surface area contributed by atoms with Crippen LogP contribution in [0.2, 0.25) is 0 Å². The second-order valence-electron chi connectivity index (χ2n) is 3.75. The number of anilines is 1. The summed E-state index contributed by atoms with van der Waals surface area (Å²) in [4.78, 5) is 0. The van der Waals surface area contributed by atoms with Gasteiger partial charge in [-0.15, -0.1) is 0 Å². The molecule has 3 nitrogen and oxygen atoms in total. The first-order valence-electron chi connectivity index (χ1n) is 5.36. The van der Waals surface area contributed by atoms with Crippen molar-refractivity contribution in [2.24, 2.45) is 0 Å². The van der Waals surface area contributed by atoms with E-state index < -0.39 is 5.82 Å². The number of hydrogen-bond acceptors (Lipinski definition) is 3. The molecule has 4 heteroatoms. The molecule has 18 heavy (non-hydrogen) atoms. The van der Waals surface area contributed by atoms with E-state index in [1.165, 1.54) is 12.1 Å². The summed E-state index contributed by atoms with van der Waals surface area (Å²) in [7, 11) is 0. The summed E-state index contributed by atoms with van der Waals surface area (Å²) in [5, 5.41) is 8.72. The van der Waals surface area contributed by atoms with Crippen molar-refractivity contribution in [1.82, 2.24) is 0 Å². The Morgan fingerprint density at radius 1 is 1.22 bits per heavy atom. The molecule has 90 valence electrons. The fourth-order valence-electron chi connectivity index (χ4n) is 1.52. The summed E-state index contributed by atoms with van der Waals surface area (Å²) in [5.74, 6) is 0.0424. The predicted molar refractivity (Wildman–Crippen MR) is 66.3 cm³/mol. The van der Waals surface area contributed by atoms with Gasteiger partial charge in [-0.05, 0) is 29.8 Å². The standard InChI is InChI=1S/C14H11FN2O/c15-12-6-5-10(7-11(12)8-16)9-18-14-4-2-1-3-13(14)17/h1-7H,9,17H2. The molecule has 2 rings (SSSR count). The zero-order chi connectivity index (χ0) is 13.0. The lowest BCUT2D eigenvalue weighted by atomic mass is 10.1. The smallest absolute Gasteiger partial charge is 0.142 e. The largest absolute Gasteiger partial charge is 0.487 e. The monoisotopic (exact) mass is 242 g/mol. The van der Waals surface area contributed by atoms with Crippen LogP contribution in [0.1, 0.15) is 11.1 Å². The van der Waals surface area contributed by atoms with Gasteiger partial charge in [0.25, 0.3) is 0 Å². The van der Waals surface area contributed by atoms with E-state index in [0.717, 1.165) is 5.56 Å². The Morgan fingerprint density at radius 3 is 2.72 bits per heavy atom. The Kier molecular flexibility index (Phi) is 3.44. The maximum absolute atomic E-state index is 13.1. The average molecular weight is 242 g/mol. The zero-order valence-electron chi connectivity index (χ0n) is 9.56. The third-order valence-corrected chi connectivity index (χ3v) is 2.46. The van der Waals surface area contributed by atoms with Gasteiger partial charge in [-0.2, -0.15) is 5.26 Å². The third-order valence-electron chi connectivity index (χ3n) is 2.46. The average Bonchev–Trinajstić information content (AvgIpc) is 2.39. The highest BCUT2D eigenvalue weighted by molar-refractivity contribution is 5.51. The summed E-state index contributed by atoms with van der Waals surface area (Å²) in [6.45, 7) is 0.239. The highest BCUT2D eigenvalue weighted by atomic mass is 19.1. The van der Waals surface area contributed by atoms with Crippen LogP contribution in [-0.2, 0) is 6.61 Å². The van der Waals surface area contributed by atoms with Crippen molar-refractivity contribution in [2.45, 2.75) is 6.61 Å². The van der Waals surface area contributed by atoms with Crippen LogP contribution in [0.25, 0.3) is 0 Å². The Morgan fingerprint density at radius 2 is 2.00 bits per heavy atom. The molecule has 0 fully saturated rings. The molecule has 0 spiro atoms. The van der Waals surface area contributed by atoms with Crippen LogP contribution < -0.4 is 10.5 Å². The minimum Gasteiger partial charge on any atom is -0.487 e. The molecule has 0 unspecified atom stereocenters. The molecular weight excluding hydrogens is 231 g/mol. The highest BCUT2D eigenvalue weighted by Gasteiger charge is 2.04. The maximum atomic E-state index is 13.1. The van der Waals surface area contributed by atoms with Crippen molar-refractivity contribution < 1.29 is 9.13 Å². The van der Waals surface area contributed by atoms with E-state index in [1.807, 2.05) is 12.1 Å². The lowest BCUT2D eigenvalue weighted by Gasteiger charge is -2.08. The fourth-order valence-corrected chi connectivity index (χ4v) is 1.52. The number of nitrogen functional groups attached to an aromatic ring is 1. The molecule has 2 N–H and O–H groups in total. The number of ether oxygens (including phenoxy) is 1. The lowest BCUT2D eigenvalue weighted by Crippen LogP contribution is -1.99. The molecule has 2 aromatic carbocycles. The summed E-state index contributed by atoms with van der Waals surface area (Å²) in [6.07, 6.45) is 0. The van der Waals surface area contributed by atoms with E-state index in [-0.39, 0.29) is 12.2 Å². The molecule has 0 radical (unpaired) electrons. The molecule has 0 saturated heterocycles. The summed E-state index contributed by atoms with van der Waals surface area (Å²) >= 11 is 0. The van der Waals surface area contributed by atoms with Gasteiger partial charge in [0, 0.05) is 0 Å². The first-order chi connectivity index (χ1) is 8.70. The van der Waals surface area contributed by atoms with Gasteiger partial charge < -0.3 is 10.5 Å². The van der Waals surface area contributed by atoms with Crippen molar-refractivity contribution in [3.05, 3.63) is 59.4 Å². The fraction of sp³-hybridized carbons (Fsp3) is 0.0714. The van der Waals surface area contributed by atoms with E-state index in [2.05, 4.69) is 0 Å². The summed E-state index contributed by atoms with van der Waals surface area (Å²) in [6, 6.07) is 13.2. The number of benzene rings is 2. The third kappa shape index (κ3) is 2.58. The number of rotatable bonds is 3. The molecule has 2 aromatic rings. The maximum Gasteiger partial charge on any atom is 0.142 e. The molecule has 0 saturated carbocycles. The number of nitrogens with zero attached hydrogens (tertiary/aromatic N) is 1. The molecule has 0 bridgehead atoms. The molecular formula is C14H11FN2O. The predicted octanol–water partition coefficient (Wildman–Crippen LogP) is 2.86. The Labute approximate surface area is 104 Å². The van der Waals surface area contributed by atoms with Crippen LogP contribution in [0, 0.1) is 17.1 Å². The molecule has 0 atom stereocenters. The van der Waals surface area contributed by atoms with Gasteiger partial charge in [0.05, 0.1) is 11.3 Å². The molecule has 0 heterocycles. The van der Waals surface area contributed by atoms with Gasteiger partial charge in [-0.3, -0.25) is 0 Å². The van der Waals surface area contributed by atoms with Crippen LogP contribution in [0.4, 0.5) is 10.1 Å². The van der Waals surface area contributed by atoms with Gasteiger partial charge >= 0.3 is 0 Å². The van der Waals surface area contributed by atoms with Crippen LogP contribution >= 0.6 is 0 Å². The normalized spacial score (nSPS) is 9.78. The number of nitrogens with two attached hydrogens (primary N) is 1. The summed E-state index contributed by atoms with van der Waals surface area (Å²) < 4.78 is 18.6. The molecule has 0 aliphatic rings. The Hall–Kier alpha value is -2.54. The first kappa shape index (κ1) is 11.9. The van der Waals surface area contributed by atoms with E-state index in [4.69, 9.17) is 15.7 Å². The zero-order valence-corrected chi connectivity index (χ0v) is 9.56. The van der Waals surface area contributed by atoms with Gasteiger partial charge in [-0.1, -0.05) is 18.2 Å². The highest BCUT2D eigenvalue weighted by Crippen LogP contribution is 2.21. The second kappa shape index (κ2) is 5.19. The quantitative estimate of drug-likeness (QED) is 0.842. The van der Waals surface area contributed by atoms with E-state index in [9.17, 15) is 4.39 Å². The van der Waals surface area contributed by atoms with Gasteiger partial charge in [0.2, 0.25) is 0 Å². The Balaban J connectivity index is 2.12. The van der Waals surface area contributed by atoms with Crippen LogP contribution in [0.5, 0.6) is 5.75 Å². The van der Waals surface area contributed by atoms with Crippen LogP contribution in [0.15, 0.2) is 42.5 Å². The number of para-hydroxylation sites is 2. The number of nitriles is 1. The van der Waals surface area contributed by atoms with E-state index in [0.29, 0.717) is 11.4 Å². The van der Waals surface area contributed by atoms with Gasteiger partial charge in [-0.25, -0.2) is 4.39 Å². The topological polar surface area (TPSA) is 59.0 Å². The second-order valence-corrected chi connectivity index (χ2v) is 3.75. The van der Waals surface area contributed by atoms with Gasteiger partial charge in [0.1, 0.15) is 24.2 Å². The van der Waals surface area contributed by atoms with Crippen molar-refractivity contribution in [2.75, 3.05) is 5.73 Å². The van der Waals surface area contributed by atoms with E-state index in [1.54, 1.807) is 24.3 Å². The number of hydrogen-bond donors (Lipinski definition) is 1. The molecule has 0 aliphatic carbocycles. The molecule has 0 amide bonds. The first-order valence-corrected chi connectivity index (χ1v) is 5.36. The van der Waals surface area contributed by atoms with Crippen molar-refractivity contribution >= 4 is 5.69 Å². The van der Waals surface area contributed by atoms with Crippen molar-refractivity contribution in [3.8, 4) is 11.8 Å². The minimum absolute atomic E-state index is 0.0112. The van der Waals surface area contributed by atoms with Crippen molar-refractivity contribution in [3.63, 3.8) is 0 Å². The van der Waals surface area contributed by atoms with Gasteiger partial charge in [0.15, 0.2) is 0 Å².